The number of anilines is 1. The molecule has 94 valence electrons. The first kappa shape index (κ1) is 13.2. The van der Waals surface area contributed by atoms with Gasteiger partial charge in [-0.05, 0) is 29.5 Å². The Labute approximate surface area is 120 Å². The maximum absolute atomic E-state index is 5.94. The molecule has 1 heterocycles. The van der Waals surface area contributed by atoms with Crippen molar-refractivity contribution in [3.63, 3.8) is 0 Å². The average molecular weight is 355 g/mol. The molecule has 0 aliphatic heterocycles. The third kappa shape index (κ3) is 2.62. The molecule has 0 saturated heterocycles. The number of halogens is 1. The monoisotopic (exact) mass is 355 g/mol. The highest BCUT2D eigenvalue weighted by Crippen LogP contribution is 2.28. The molecule has 4 nitrogen and oxygen atoms in total. The quantitative estimate of drug-likeness (QED) is 0.860. The Morgan fingerprint density at radius 2 is 1.89 bits per heavy atom. The molecule has 5 heteroatoms. The first-order valence-electron chi connectivity index (χ1n) is 5.54. The second-order valence-corrected chi connectivity index (χ2v) is 4.95. The molecule has 18 heavy (non-hydrogen) atoms. The van der Waals surface area contributed by atoms with Crippen LogP contribution in [0, 0.1) is 3.57 Å². The molecule has 0 bridgehead atoms. The SMILES string of the molecule is COC(C)c1nc(N)c(I)c(-c2ccccc2)n1. The van der Waals surface area contributed by atoms with Crippen molar-refractivity contribution in [2.24, 2.45) is 0 Å². The van der Waals surface area contributed by atoms with Gasteiger partial charge in [-0.25, -0.2) is 9.97 Å². The fourth-order valence-electron chi connectivity index (χ4n) is 1.56. The highest BCUT2D eigenvalue weighted by atomic mass is 127. The van der Waals surface area contributed by atoms with Crippen molar-refractivity contribution in [1.29, 1.82) is 0 Å². The van der Waals surface area contributed by atoms with Gasteiger partial charge in [-0.1, -0.05) is 30.3 Å². The summed E-state index contributed by atoms with van der Waals surface area (Å²) in [5.41, 5.74) is 7.82. The number of benzene rings is 1. The van der Waals surface area contributed by atoms with E-state index in [2.05, 4.69) is 32.6 Å². The molecule has 1 aromatic heterocycles. The van der Waals surface area contributed by atoms with E-state index in [9.17, 15) is 0 Å². The van der Waals surface area contributed by atoms with E-state index >= 15 is 0 Å². The molecular weight excluding hydrogens is 341 g/mol. The zero-order valence-electron chi connectivity index (χ0n) is 10.2. The van der Waals surface area contributed by atoms with Gasteiger partial charge in [0.1, 0.15) is 11.9 Å². The Hall–Kier alpha value is -1.21. The highest BCUT2D eigenvalue weighted by Gasteiger charge is 2.15. The van der Waals surface area contributed by atoms with Crippen LogP contribution in [-0.2, 0) is 4.74 Å². The van der Waals surface area contributed by atoms with Crippen LogP contribution >= 0.6 is 22.6 Å². The third-order valence-electron chi connectivity index (χ3n) is 2.66. The molecule has 0 fully saturated rings. The molecule has 0 saturated carbocycles. The number of hydrogen-bond acceptors (Lipinski definition) is 4. The van der Waals surface area contributed by atoms with Crippen LogP contribution in [0.15, 0.2) is 30.3 Å². The average Bonchev–Trinajstić information content (AvgIpc) is 2.41. The van der Waals surface area contributed by atoms with Gasteiger partial charge in [-0.2, -0.15) is 0 Å². The second-order valence-electron chi connectivity index (χ2n) is 3.87. The lowest BCUT2D eigenvalue weighted by Crippen LogP contribution is -2.08. The molecule has 2 aromatic rings. The van der Waals surface area contributed by atoms with E-state index in [4.69, 9.17) is 10.5 Å². The first-order chi connectivity index (χ1) is 8.63. The largest absolute Gasteiger partial charge is 0.383 e. The van der Waals surface area contributed by atoms with Crippen LogP contribution in [0.4, 0.5) is 5.82 Å². The number of aromatic nitrogens is 2. The van der Waals surface area contributed by atoms with E-state index in [-0.39, 0.29) is 6.10 Å². The predicted molar refractivity (Wildman–Crippen MR) is 80.0 cm³/mol. The molecule has 2 N–H and O–H groups in total. The Bertz CT molecular complexity index is 545. The molecule has 2 rings (SSSR count). The lowest BCUT2D eigenvalue weighted by atomic mass is 10.1. The second kappa shape index (κ2) is 5.62. The third-order valence-corrected chi connectivity index (χ3v) is 3.72. The van der Waals surface area contributed by atoms with E-state index in [1.54, 1.807) is 7.11 Å². The van der Waals surface area contributed by atoms with Gasteiger partial charge in [0.15, 0.2) is 5.82 Å². The van der Waals surface area contributed by atoms with E-state index in [0.29, 0.717) is 11.6 Å². The molecule has 1 atom stereocenters. The minimum absolute atomic E-state index is 0.174. The van der Waals surface area contributed by atoms with Gasteiger partial charge in [0, 0.05) is 12.7 Å². The molecule has 1 aromatic carbocycles. The lowest BCUT2D eigenvalue weighted by molar-refractivity contribution is 0.112. The van der Waals surface area contributed by atoms with Gasteiger partial charge >= 0.3 is 0 Å². The number of methoxy groups -OCH3 is 1. The van der Waals surface area contributed by atoms with Gasteiger partial charge in [0.25, 0.3) is 0 Å². The maximum Gasteiger partial charge on any atom is 0.159 e. The zero-order valence-corrected chi connectivity index (χ0v) is 12.4. The van der Waals surface area contributed by atoms with Crippen molar-refractivity contribution in [3.8, 4) is 11.3 Å². The highest BCUT2D eigenvalue weighted by molar-refractivity contribution is 14.1. The molecule has 1 unspecified atom stereocenters. The smallest absolute Gasteiger partial charge is 0.159 e. The summed E-state index contributed by atoms with van der Waals surface area (Å²) in [5.74, 6) is 1.10. The lowest BCUT2D eigenvalue weighted by Gasteiger charge is -2.12. The molecule has 0 amide bonds. The van der Waals surface area contributed by atoms with Crippen LogP contribution in [0.3, 0.4) is 0 Å². The van der Waals surface area contributed by atoms with Crippen LogP contribution in [0.5, 0.6) is 0 Å². The van der Waals surface area contributed by atoms with Crippen molar-refractivity contribution in [1.82, 2.24) is 9.97 Å². The van der Waals surface area contributed by atoms with Crippen LogP contribution < -0.4 is 5.73 Å². The number of nitrogen functional groups attached to an aromatic ring is 1. The normalized spacial score (nSPS) is 12.4. The number of ether oxygens (including phenoxy) is 1. The van der Waals surface area contributed by atoms with Crippen LogP contribution in [0.1, 0.15) is 18.9 Å². The van der Waals surface area contributed by atoms with Crippen LogP contribution in [-0.4, -0.2) is 17.1 Å². The summed E-state index contributed by atoms with van der Waals surface area (Å²) in [7, 11) is 1.63. The summed E-state index contributed by atoms with van der Waals surface area (Å²) in [6.07, 6.45) is -0.174. The van der Waals surface area contributed by atoms with Gasteiger partial charge < -0.3 is 10.5 Å². The summed E-state index contributed by atoms with van der Waals surface area (Å²) < 4.78 is 6.11. The van der Waals surface area contributed by atoms with Crippen molar-refractivity contribution in [2.45, 2.75) is 13.0 Å². The van der Waals surface area contributed by atoms with E-state index in [0.717, 1.165) is 14.8 Å². The van der Waals surface area contributed by atoms with Crippen LogP contribution in [0.25, 0.3) is 11.3 Å². The molecule has 0 spiro atoms. The number of hydrogen-bond donors (Lipinski definition) is 1. The van der Waals surface area contributed by atoms with Crippen molar-refractivity contribution >= 4 is 28.4 Å². The fourth-order valence-corrected chi connectivity index (χ4v) is 2.11. The standard InChI is InChI=1S/C13H14IN3O/c1-8(18-2)13-16-11(10(14)12(15)17-13)9-6-4-3-5-7-9/h3-8H,1-2H3,(H2,15,16,17). The Kier molecular flexibility index (Phi) is 4.13. The van der Waals surface area contributed by atoms with Gasteiger partial charge in [-0.15, -0.1) is 0 Å². The van der Waals surface area contributed by atoms with E-state index < -0.39 is 0 Å². The van der Waals surface area contributed by atoms with Gasteiger partial charge in [0.2, 0.25) is 0 Å². The van der Waals surface area contributed by atoms with E-state index in [1.807, 2.05) is 37.3 Å². The number of nitrogens with two attached hydrogens (primary N) is 1. The Balaban J connectivity index is 2.56. The summed E-state index contributed by atoms with van der Waals surface area (Å²) in [6, 6.07) is 9.93. The molecule has 0 radical (unpaired) electrons. The minimum atomic E-state index is -0.174. The molecule has 0 aliphatic carbocycles. The summed E-state index contributed by atoms with van der Waals surface area (Å²) in [6.45, 7) is 1.90. The first-order valence-corrected chi connectivity index (χ1v) is 6.62. The molecule has 0 aliphatic rings. The predicted octanol–water partition coefficient (Wildman–Crippen LogP) is 3.04. The Morgan fingerprint density at radius 3 is 2.50 bits per heavy atom. The zero-order chi connectivity index (χ0) is 13.1. The van der Waals surface area contributed by atoms with Crippen molar-refractivity contribution < 1.29 is 4.74 Å². The van der Waals surface area contributed by atoms with Crippen LogP contribution in [0.2, 0.25) is 0 Å². The maximum atomic E-state index is 5.94. The summed E-state index contributed by atoms with van der Waals surface area (Å²) >= 11 is 2.17. The Morgan fingerprint density at radius 1 is 1.22 bits per heavy atom. The molecular formula is C13H14IN3O. The topological polar surface area (TPSA) is 61.0 Å². The van der Waals surface area contributed by atoms with Gasteiger partial charge in [0.05, 0.1) is 9.26 Å². The van der Waals surface area contributed by atoms with Gasteiger partial charge in [-0.3, -0.25) is 0 Å². The van der Waals surface area contributed by atoms with Crippen molar-refractivity contribution in [3.05, 3.63) is 39.7 Å². The summed E-state index contributed by atoms with van der Waals surface area (Å²) in [4.78, 5) is 8.81. The van der Waals surface area contributed by atoms with Crippen molar-refractivity contribution in [2.75, 3.05) is 12.8 Å². The number of nitrogens with zero attached hydrogens (tertiary/aromatic N) is 2. The van der Waals surface area contributed by atoms with E-state index in [1.165, 1.54) is 0 Å². The summed E-state index contributed by atoms with van der Waals surface area (Å²) in [5, 5.41) is 0. The fraction of sp³-hybridized carbons (Fsp3) is 0.231. The number of rotatable bonds is 3. The minimum Gasteiger partial charge on any atom is -0.383 e.